The highest BCUT2D eigenvalue weighted by Crippen LogP contribution is 2.33. The Morgan fingerprint density at radius 2 is 1.44 bits per heavy atom. The molecule has 0 amide bonds. The summed E-state index contributed by atoms with van der Waals surface area (Å²) in [5, 5.41) is 21.8. The van der Waals surface area contributed by atoms with Crippen molar-refractivity contribution in [2.75, 3.05) is 14.2 Å². The lowest BCUT2D eigenvalue weighted by atomic mass is 10.3. The van der Waals surface area contributed by atoms with E-state index in [0.717, 1.165) is 0 Å². The minimum absolute atomic E-state index is 0.0729. The van der Waals surface area contributed by atoms with Gasteiger partial charge in [-0.2, -0.15) is 0 Å². The van der Waals surface area contributed by atoms with Gasteiger partial charge in [-0.3, -0.25) is 20.2 Å². The molecule has 134 valence electrons. The van der Waals surface area contributed by atoms with E-state index in [1.807, 2.05) is 22.6 Å². The molecule has 0 aliphatic carbocycles. The molecule has 0 heterocycles. The van der Waals surface area contributed by atoms with Crippen LogP contribution in [-0.2, 0) is 0 Å². The van der Waals surface area contributed by atoms with Gasteiger partial charge in [0, 0.05) is 32.9 Å². The number of hydrogen-bond acceptors (Lipinski definition) is 6. The van der Waals surface area contributed by atoms with Gasteiger partial charge in [0.2, 0.25) is 0 Å². The number of halogens is 3. The summed E-state index contributed by atoms with van der Waals surface area (Å²) >= 11 is 13.3. The Morgan fingerprint density at radius 3 is 1.92 bits per heavy atom. The second kappa shape index (κ2) is 9.59. The summed E-state index contributed by atoms with van der Waals surface area (Å²) in [6.45, 7) is 0. The zero-order chi connectivity index (χ0) is 19.1. The Hall–Kier alpha value is -1.85. The van der Waals surface area contributed by atoms with Gasteiger partial charge >= 0.3 is 11.4 Å². The maximum atomic E-state index is 10.5. The van der Waals surface area contributed by atoms with Crippen LogP contribution in [0.1, 0.15) is 0 Å². The van der Waals surface area contributed by atoms with Crippen molar-refractivity contribution in [1.29, 1.82) is 0 Å². The third-order valence-corrected chi connectivity index (χ3v) is 4.52. The molecule has 2 rings (SSSR count). The lowest BCUT2D eigenvalue weighted by Crippen LogP contribution is -1.94. The van der Waals surface area contributed by atoms with Crippen LogP contribution in [0, 0.1) is 23.8 Å². The van der Waals surface area contributed by atoms with E-state index in [1.165, 1.54) is 44.6 Å². The summed E-state index contributed by atoms with van der Waals surface area (Å²) in [7, 11) is 2.73. The Kier molecular flexibility index (Phi) is 8.13. The van der Waals surface area contributed by atoms with Crippen LogP contribution in [-0.4, -0.2) is 24.1 Å². The van der Waals surface area contributed by atoms with Gasteiger partial charge in [0.1, 0.15) is 0 Å². The van der Waals surface area contributed by atoms with Crippen LogP contribution < -0.4 is 9.47 Å². The molecule has 2 aromatic rings. The molecule has 8 nitrogen and oxygen atoms in total. The van der Waals surface area contributed by atoms with E-state index < -0.39 is 9.85 Å². The number of nitro groups is 2. The molecule has 0 fully saturated rings. The van der Waals surface area contributed by atoms with E-state index >= 15 is 0 Å². The molecule has 0 saturated heterocycles. The molecule has 0 atom stereocenters. The maximum absolute atomic E-state index is 10.5. The van der Waals surface area contributed by atoms with Gasteiger partial charge < -0.3 is 9.47 Å². The zero-order valence-electron chi connectivity index (χ0n) is 12.9. The molecule has 0 aliphatic heterocycles. The lowest BCUT2D eigenvalue weighted by molar-refractivity contribution is -0.385. The van der Waals surface area contributed by atoms with Crippen LogP contribution in [0.2, 0.25) is 10.0 Å². The number of hydrogen-bond donors (Lipinski definition) is 0. The molecule has 0 spiro atoms. The van der Waals surface area contributed by atoms with Crippen LogP contribution in [0.5, 0.6) is 11.5 Å². The van der Waals surface area contributed by atoms with E-state index in [2.05, 4.69) is 0 Å². The minimum atomic E-state index is -0.519. The predicted octanol–water partition coefficient (Wildman–Crippen LogP) is 5.12. The Morgan fingerprint density at radius 1 is 0.920 bits per heavy atom. The van der Waals surface area contributed by atoms with Gasteiger partial charge in [-0.1, -0.05) is 23.2 Å². The Balaban J connectivity index is 0.000000251. The average molecular weight is 501 g/mol. The molecule has 25 heavy (non-hydrogen) atoms. The van der Waals surface area contributed by atoms with Gasteiger partial charge in [-0.15, -0.1) is 0 Å². The summed E-state index contributed by atoms with van der Waals surface area (Å²) in [5.74, 6) is 0.350. The summed E-state index contributed by atoms with van der Waals surface area (Å²) < 4.78 is 10.2. The largest absolute Gasteiger partial charge is 0.490 e. The maximum Gasteiger partial charge on any atom is 0.312 e. The number of ether oxygens (including phenoxy) is 2. The SMILES string of the molecule is COc1cc(Cl)c(I)cc1[N+](=O)[O-].COc1cc(Cl)ccc1[N+](=O)[O-]. The van der Waals surface area contributed by atoms with Crippen molar-refractivity contribution in [2.45, 2.75) is 0 Å². The van der Waals surface area contributed by atoms with E-state index in [4.69, 9.17) is 32.7 Å². The topological polar surface area (TPSA) is 105 Å². The molecule has 0 aliphatic rings. The molecule has 0 radical (unpaired) electrons. The molecule has 0 unspecified atom stereocenters. The van der Waals surface area contributed by atoms with Crippen molar-refractivity contribution < 1.29 is 19.3 Å². The fourth-order valence-corrected chi connectivity index (χ4v) is 2.39. The van der Waals surface area contributed by atoms with E-state index in [-0.39, 0.29) is 22.9 Å². The van der Waals surface area contributed by atoms with Crippen molar-refractivity contribution in [2.24, 2.45) is 0 Å². The number of nitrogens with zero attached hydrogens (tertiary/aromatic N) is 2. The number of rotatable bonds is 4. The molecule has 0 aromatic heterocycles. The second-order valence-electron chi connectivity index (χ2n) is 4.27. The average Bonchev–Trinajstić information content (AvgIpc) is 2.56. The van der Waals surface area contributed by atoms with E-state index in [9.17, 15) is 20.2 Å². The van der Waals surface area contributed by atoms with Crippen LogP contribution in [0.25, 0.3) is 0 Å². The van der Waals surface area contributed by atoms with Crippen LogP contribution in [0.4, 0.5) is 11.4 Å². The minimum Gasteiger partial charge on any atom is -0.490 e. The molecule has 0 saturated carbocycles. The first-order valence-electron chi connectivity index (χ1n) is 6.36. The third kappa shape index (κ3) is 5.87. The van der Waals surface area contributed by atoms with Crippen LogP contribution in [0.3, 0.4) is 0 Å². The normalized spacial score (nSPS) is 9.64. The van der Waals surface area contributed by atoms with Crippen molar-refractivity contribution in [3.05, 3.63) is 64.2 Å². The van der Waals surface area contributed by atoms with Crippen molar-refractivity contribution in [3.63, 3.8) is 0 Å². The third-order valence-electron chi connectivity index (χ3n) is 2.76. The molecule has 0 bridgehead atoms. The van der Waals surface area contributed by atoms with Crippen molar-refractivity contribution in [1.82, 2.24) is 0 Å². The predicted molar refractivity (Wildman–Crippen MR) is 102 cm³/mol. The van der Waals surface area contributed by atoms with Crippen molar-refractivity contribution in [3.8, 4) is 11.5 Å². The number of benzene rings is 2. The summed E-state index contributed by atoms with van der Waals surface area (Å²) in [5.41, 5.74) is -0.154. The summed E-state index contributed by atoms with van der Waals surface area (Å²) in [4.78, 5) is 19.9. The molecule has 2 aromatic carbocycles. The van der Waals surface area contributed by atoms with Gasteiger partial charge in [-0.05, 0) is 28.7 Å². The number of nitro benzene ring substituents is 2. The Labute approximate surface area is 166 Å². The quantitative estimate of drug-likeness (QED) is 0.328. The smallest absolute Gasteiger partial charge is 0.312 e. The van der Waals surface area contributed by atoms with Gasteiger partial charge in [0.15, 0.2) is 11.5 Å². The number of methoxy groups -OCH3 is 2. The molecule has 0 N–H and O–H groups in total. The lowest BCUT2D eigenvalue weighted by Gasteiger charge is -2.02. The molecular formula is C14H11Cl2IN2O6. The fourth-order valence-electron chi connectivity index (χ4n) is 1.63. The van der Waals surface area contributed by atoms with Crippen LogP contribution in [0.15, 0.2) is 30.3 Å². The second-order valence-corrected chi connectivity index (χ2v) is 6.27. The zero-order valence-corrected chi connectivity index (χ0v) is 16.5. The van der Waals surface area contributed by atoms with E-state index in [1.54, 1.807) is 0 Å². The Bertz CT molecular complexity index is 803. The highest BCUT2D eigenvalue weighted by molar-refractivity contribution is 14.1. The van der Waals surface area contributed by atoms with Crippen LogP contribution >= 0.6 is 45.8 Å². The highest BCUT2D eigenvalue weighted by atomic mass is 127. The van der Waals surface area contributed by atoms with E-state index in [0.29, 0.717) is 13.6 Å². The molecular weight excluding hydrogens is 490 g/mol. The standard InChI is InChI=1S/C7H5ClINO3.C7H6ClNO3/c1-13-7-2-4(8)5(9)3-6(7)10(11)12;1-12-7-4-5(8)2-3-6(7)9(10)11/h2-3H,1H3;2-4H,1H3. The van der Waals surface area contributed by atoms with Crippen molar-refractivity contribution >= 4 is 57.2 Å². The first-order chi connectivity index (χ1) is 11.7. The fraction of sp³-hybridized carbons (Fsp3) is 0.143. The summed E-state index contributed by atoms with van der Waals surface area (Å²) in [6, 6.07) is 6.96. The van der Waals surface area contributed by atoms with Gasteiger partial charge in [-0.25, -0.2) is 0 Å². The summed E-state index contributed by atoms with van der Waals surface area (Å²) in [6.07, 6.45) is 0. The van der Waals surface area contributed by atoms with Gasteiger partial charge in [0.05, 0.1) is 29.1 Å². The van der Waals surface area contributed by atoms with Gasteiger partial charge in [0.25, 0.3) is 0 Å². The highest BCUT2D eigenvalue weighted by Gasteiger charge is 2.17. The monoisotopic (exact) mass is 500 g/mol. The molecule has 11 heteroatoms. The first-order valence-corrected chi connectivity index (χ1v) is 8.20. The first kappa shape index (κ1) is 21.2.